The van der Waals surface area contributed by atoms with Crippen LogP contribution in [0.2, 0.25) is 5.02 Å². The Bertz CT molecular complexity index is 391. The fourth-order valence-corrected chi connectivity index (χ4v) is 2.58. The van der Waals surface area contributed by atoms with Crippen LogP contribution in [0.5, 0.6) is 0 Å². The highest BCUT2D eigenvalue weighted by Crippen LogP contribution is 2.33. The van der Waals surface area contributed by atoms with E-state index in [2.05, 4.69) is 5.32 Å². The first-order valence-electron chi connectivity index (χ1n) is 5.91. The summed E-state index contributed by atoms with van der Waals surface area (Å²) in [6.45, 7) is 1.88. The smallest absolute Gasteiger partial charge is 0.127 e. The molecule has 1 heterocycles. The number of nitrogens with one attached hydrogen (secondary N) is 1. The Morgan fingerprint density at radius 2 is 2.06 bits per heavy atom. The quantitative estimate of drug-likeness (QED) is 0.872. The van der Waals surface area contributed by atoms with Crippen LogP contribution in [0.4, 0.5) is 4.39 Å². The van der Waals surface area contributed by atoms with Gasteiger partial charge < -0.3 is 10.4 Å². The molecule has 0 saturated carbocycles. The average Bonchev–Trinajstić information content (AvgIpc) is 2.34. The van der Waals surface area contributed by atoms with E-state index in [4.69, 9.17) is 11.6 Å². The number of rotatable bonds is 3. The standard InChI is InChI=1S/C13H17ClFNO/c14-11-2-1-10(12(15)7-11)8-13(9-17)3-5-16-6-4-13/h1-2,7,16-17H,3-6,8-9H2. The summed E-state index contributed by atoms with van der Waals surface area (Å²) in [7, 11) is 0. The lowest BCUT2D eigenvalue weighted by Crippen LogP contribution is -2.40. The van der Waals surface area contributed by atoms with Crippen LogP contribution in [0.25, 0.3) is 0 Å². The lowest BCUT2D eigenvalue weighted by atomic mass is 9.75. The van der Waals surface area contributed by atoms with Gasteiger partial charge in [-0.15, -0.1) is 0 Å². The molecule has 0 unspecified atom stereocenters. The minimum absolute atomic E-state index is 0.108. The zero-order valence-electron chi connectivity index (χ0n) is 9.68. The van der Waals surface area contributed by atoms with Crippen LogP contribution in [0.15, 0.2) is 18.2 Å². The molecule has 1 fully saturated rings. The molecule has 1 aromatic carbocycles. The number of piperidine rings is 1. The Hall–Kier alpha value is -0.640. The molecular formula is C13H17ClFNO. The highest BCUT2D eigenvalue weighted by atomic mass is 35.5. The van der Waals surface area contributed by atoms with E-state index < -0.39 is 0 Å². The van der Waals surface area contributed by atoms with Crippen LogP contribution in [-0.4, -0.2) is 24.8 Å². The predicted molar refractivity (Wildman–Crippen MR) is 66.7 cm³/mol. The number of halogens is 2. The van der Waals surface area contributed by atoms with E-state index in [-0.39, 0.29) is 17.8 Å². The lowest BCUT2D eigenvalue weighted by Gasteiger charge is -2.36. The van der Waals surface area contributed by atoms with Gasteiger partial charge in [0, 0.05) is 11.6 Å². The normalized spacial score (nSPS) is 19.2. The van der Waals surface area contributed by atoms with E-state index in [1.807, 2.05) is 0 Å². The molecule has 0 amide bonds. The van der Waals surface area contributed by atoms with Gasteiger partial charge in [0.1, 0.15) is 5.82 Å². The van der Waals surface area contributed by atoms with Crippen molar-refractivity contribution in [1.29, 1.82) is 0 Å². The van der Waals surface area contributed by atoms with Crippen LogP contribution in [0.1, 0.15) is 18.4 Å². The molecule has 2 rings (SSSR count). The second kappa shape index (κ2) is 5.34. The molecule has 0 radical (unpaired) electrons. The summed E-state index contributed by atoms with van der Waals surface area (Å²) >= 11 is 5.73. The third-order valence-corrected chi connectivity index (χ3v) is 3.82. The van der Waals surface area contributed by atoms with E-state index in [0.29, 0.717) is 17.0 Å². The number of hydrogen-bond donors (Lipinski definition) is 2. The fraction of sp³-hybridized carbons (Fsp3) is 0.538. The van der Waals surface area contributed by atoms with Crippen LogP contribution in [0.3, 0.4) is 0 Å². The van der Waals surface area contributed by atoms with E-state index in [1.165, 1.54) is 6.07 Å². The summed E-state index contributed by atoms with van der Waals surface area (Å²) in [5.74, 6) is -0.274. The topological polar surface area (TPSA) is 32.3 Å². The monoisotopic (exact) mass is 257 g/mol. The summed E-state index contributed by atoms with van der Waals surface area (Å²) in [6.07, 6.45) is 2.34. The van der Waals surface area contributed by atoms with Crippen molar-refractivity contribution in [2.24, 2.45) is 5.41 Å². The Kier molecular flexibility index (Phi) is 4.02. The maximum absolute atomic E-state index is 13.7. The molecule has 94 valence electrons. The minimum atomic E-state index is -0.274. The highest BCUT2D eigenvalue weighted by Gasteiger charge is 2.32. The van der Waals surface area contributed by atoms with Crippen LogP contribution in [-0.2, 0) is 6.42 Å². The van der Waals surface area contributed by atoms with Crippen LogP contribution >= 0.6 is 11.6 Å². The van der Waals surface area contributed by atoms with Crippen molar-refractivity contribution in [2.45, 2.75) is 19.3 Å². The average molecular weight is 258 g/mol. The molecule has 1 aromatic rings. The second-order valence-electron chi connectivity index (χ2n) is 4.82. The van der Waals surface area contributed by atoms with Crippen LogP contribution in [0, 0.1) is 11.2 Å². The van der Waals surface area contributed by atoms with Gasteiger partial charge in [-0.3, -0.25) is 0 Å². The Morgan fingerprint density at radius 3 is 2.65 bits per heavy atom. The van der Waals surface area contributed by atoms with Crippen molar-refractivity contribution in [3.63, 3.8) is 0 Å². The first-order valence-corrected chi connectivity index (χ1v) is 6.29. The maximum atomic E-state index is 13.7. The number of hydrogen-bond acceptors (Lipinski definition) is 2. The molecule has 0 bridgehead atoms. The van der Waals surface area contributed by atoms with Gasteiger partial charge in [-0.1, -0.05) is 17.7 Å². The molecule has 0 aromatic heterocycles. The molecule has 0 spiro atoms. The maximum Gasteiger partial charge on any atom is 0.127 e. The van der Waals surface area contributed by atoms with Gasteiger partial charge in [-0.2, -0.15) is 0 Å². The molecule has 1 aliphatic heterocycles. The summed E-state index contributed by atoms with van der Waals surface area (Å²) < 4.78 is 13.7. The Balaban J connectivity index is 2.17. The predicted octanol–water partition coefficient (Wildman–Crippen LogP) is 2.38. The second-order valence-corrected chi connectivity index (χ2v) is 5.26. The molecule has 0 atom stereocenters. The van der Waals surface area contributed by atoms with Crippen molar-refractivity contribution < 1.29 is 9.50 Å². The van der Waals surface area contributed by atoms with E-state index in [0.717, 1.165) is 25.9 Å². The van der Waals surface area contributed by atoms with Crippen molar-refractivity contribution in [2.75, 3.05) is 19.7 Å². The SMILES string of the molecule is OCC1(Cc2ccc(Cl)cc2F)CCNCC1. The zero-order chi connectivity index (χ0) is 12.3. The summed E-state index contributed by atoms with van der Waals surface area (Å²) in [5.41, 5.74) is 0.463. The fourth-order valence-electron chi connectivity index (χ4n) is 2.42. The Morgan fingerprint density at radius 1 is 1.35 bits per heavy atom. The van der Waals surface area contributed by atoms with Crippen molar-refractivity contribution in [3.05, 3.63) is 34.6 Å². The van der Waals surface area contributed by atoms with Gasteiger partial charge in [-0.05, 0) is 55.5 Å². The van der Waals surface area contributed by atoms with Crippen molar-refractivity contribution in [3.8, 4) is 0 Å². The van der Waals surface area contributed by atoms with Gasteiger partial charge in [-0.25, -0.2) is 4.39 Å². The summed E-state index contributed by atoms with van der Waals surface area (Å²) in [4.78, 5) is 0. The molecule has 1 saturated heterocycles. The summed E-state index contributed by atoms with van der Waals surface area (Å²) in [5, 5.41) is 13.2. The van der Waals surface area contributed by atoms with E-state index in [1.54, 1.807) is 12.1 Å². The van der Waals surface area contributed by atoms with Gasteiger partial charge >= 0.3 is 0 Å². The third-order valence-electron chi connectivity index (χ3n) is 3.58. The molecule has 4 heteroatoms. The lowest BCUT2D eigenvalue weighted by molar-refractivity contribution is 0.0884. The van der Waals surface area contributed by atoms with Crippen LogP contribution < -0.4 is 5.32 Å². The van der Waals surface area contributed by atoms with Gasteiger partial charge in [0.25, 0.3) is 0 Å². The molecule has 2 nitrogen and oxygen atoms in total. The third kappa shape index (κ3) is 2.97. The zero-order valence-corrected chi connectivity index (χ0v) is 10.4. The first-order chi connectivity index (χ1) is 8.15. The van der Waals surface area contributed by atoms with Gasteiger partial charge in [0.15, 0.2) is 0 Å². The van der Waals surface area contributed by atoms with Crippen molar-refractivity contribution >= 4 is 11.6 Å². The van der Waals surface area contributed by atoms with Crippen molar-refractivity contribution in [1.82, 2.24) is 5.32 Å². The number of benzene rings is 1. The van der Waals surface area contributed by atoms with Gasteiger partial charge in [0.05, 0.1) is 0 Å². The highest BCUT2D eigenvalue weighted by molar-refractivity contribution is 6.30. The van der Waals surface area contributed by atoms with E-state index in [9.17, 15) is 9.50 Å². The summed E-state index contributed by atoms with van der Waals surface area (Å²) in [6, 6.07) is 4.76. The van der Waals surface area contributed by atoms with Gasteiger partial charge in [0.2, 0.25) is 0 Å². The largest absolute Gasteiger partial charge is 0.396 e. The molecular weight excluding hydrogens is 241 g/mol. The number of aliphatic hydroxyl groups is 1. The minimum Gasteiger partial charge on any atom is -0.396 e. The molecule has 1 aliphatic rings. The van der Waals surface area contributed by atoms with E-state index >= 15 is 0 Å². The first kappa shape index (κ1) is 12.8. The molecule has 0 aliphatic carbocycles. The Labute approximate surface area is 106 Å². The number of aliphatic hydroxyl groups excluding tert-OH is 1. The molecule has 17 heavy (non-hydrogen) atoms. The molecule has 2 N–H and O–H groups in total.